The summed E-state index contributed by atoms with van der Waals surface area (Å²) in [4.78, 5) is 12.5. The molecule has 4 fully saturated rings. The molecule has 4 aliphatic rings. The molecule has 0 amide bonds. The van der Waals surface area contributed by atoms with Gasteiger partial charge in [0.1, 0.15) is 6.10 Å². The minimum atomic E-state index is -0.402. The number of esters is 1. The standard InChI is InChI=1S/C31H55NO2/c1-20(2)9-8-10-27(32)26-14-13-24-23-12-11-21-19-22(34-28(33)29(3,4)5)15-17-30(21,6)25(23)16-18-31(24,26)7/h20-27H,8-19,32H2,1-7H3/t21?,22-,23+,24?,25?,26?,27+,30?,31?/m0/s1. The highest BCUT2D eigenvalue weighted by Crippen LogP contribution is 2.68. The fraction of sp³-hybridized carbons (Fsp3) is 0.968. The zero-order chi connectivity index (χ0) is 24.9. The first-order valence-corrected chi connectivity index (χ1v) is 14.8. The van der Waals surface area contributed by atoms with E-state index >= 15 is 0 Å². The van der Waals surface area contributed by atoms with Gasteiger partial charge in [-0.25, -0.2) is 0 Å². The molecule has 0 radical (unpaired) electrons. The van der Waals surface area contributed by atoms with Crippen molar-refractivity contribution in [1.82, 2.24) is 0 Å². The van der Waals surface area contributed by atoms with Gasteiger partial charge in [-0.15, -0.1) is 0 Å². The van der Waals surface area contributed by atoms with Crippen molar-refractivity contribution in [3.8, 4) is 0 Å². The Morgan fingerprint density at radius 1 is 0.941 bits per heavy atom. The number of carbonyl (C=O) groups excluding carboxylic acids is 1. The lowest BCUT2D eigenvalue weighted by Gasteiger charge is -2.61. The Morgan fingerprint density at radius 3 is 2.29 bits per heavy atom. The van der Waals surface area contributed by atoms with Gasteiger partial charge in [0.2, 0.25) is 0 Å². The largest absolute Gasteiger partial charge is 0.462 e. The molecule has 34 heavy (non-hydrogen) atoms. The van der Waals surface area contributed by atoms with E-state index < -0.39 is 5.41 Å². The highest BCUT2D eigenvalue weighted by Gasteiger charge is 2.60. The zero-order valence-electron chi connectivity index (χ0n) is 23.5. The van der Waals surface area contributed by atoms with E-state index in [1.807, 2.05) is 20.8 Å². The van der Waals surface area contributed by atoms with Crippen LogP contribution < -0.4 is 5.73 Å². The summed E-state index contributed by atoms with van der Waals surface area (Å²) in [7, 11) is 0. The second-order valence-electron chi connectivity index (χ2n) is 14.9. The van der Waals surface area contributed by atoms with Crippen LogP contribution in [0.3, 0.4) is 0 Å². The van der Waals surface area contributed by atoms with Crippen LogP contribution in [0, 0.1) is 51.8 Å². The predicted octanol–water partition coefficient (Wildman–Crippen LogP) is 7.76. The number of hydrogen-bond donors (Lipinski definition) is 1. The summed E-state index contributed by atoms with van der Waals surface area (Å²) in [6.07, 6.45) is 15.6. The van der Waals surface area contributed by atoms with Crippen molar-refractivity contribution in [2.75, 3.05) is 0 Å². The van der Waals surface area contributed by atoms with Crippen LogP contribution in [0.15, 0.2) is 0 Å². The van der Waals surface area contributed by atoms with Gasteiger partial charge in [0.05, 0.1) is 5.41 Å². The Morgan fingerprint density at radius 2 is 1.62 bits per heavy atom. The summed E-state index contributed by atoms with van der Waals surface area (Å²) < 4.78 is 6.01. The summed E-state index contributed by atoms with van der Waals surface area (Å²) >= 11 is 0. The number of carbonyl (C=O) groups is 1. The number of fused-ring (bicyclic) bond motifs is 5. The zero-order valence-corrected chi connectivity index (χ0v) is 23.5. The lowest BCUT2D eigenvalue weighted by Crippen LogP contribution is -2.55. The highest BCUT2D eigenvalue weighted by molar-refractivity contribution is 5.75. The van der Waals surface area contributed by atoms with Crippen molar-refractivity contribution in [3.05, 3.63) is 0 Å². The Kier molecular flexibility index (Phi) is 7.57. The summed E-state index contributed by atoms with van der Waals surface area (Å²) in [6, 6.07) is 0.394. The van der Waals surface area contributed by atoms with Crippen LogP contribution in [0.25, 0.3) is 0 Å². The maximum absolute atomic E-state index is 12.5. The molecule has 0 heterocycles. The van der Waals surface area contributed by atoms with Crippen LogP contribution in [-0.2, 0) is 9.53 Å². The number of ether oxygens (including phenoxy) is 1. The Hall–Kier alpha value is -0.570. The van der Waals surface area contributed by atoms with Crippen LogP contribution in [0.5, 0.6) is 0 Å². The van der Waals surface area contributed by atoms with Gasteiger partial charge in [0.25, 0.3) is 0 Å². The van der Waals surface area contributed by atoms with Crippen LogP contribution in [-0.4, -0.2) is 18.1 Å². The fourth-order valence-corrected chi connectivity index (χ4v) is 9.36. The van der Waals surface area contributed by atoms with E-state index in [1.54, 1.807) is 0 Å². The van der Waals surface area contributed by atoms with Gasteiger partial charge in [-0.2, -0.15) is 0 Å². The maximum atomic E-state index is 12.5. The molecule has 0 aromatic heterocycles. The molecular weight excluding hydrogens is 418 g/mol. The third-order valence-corrected chi connectivity index (χ3v) is 11.4. The third-order valence-electron chi connectivity index (χ3n) is 11.4. The van der Waals surface area contributed by atoms with E-state index in [1.165, 1.54) is 64.2 Å². The molecule has 9 atom stereocenters. The first kappa shape index (κ1) is 26.5. The molecule has 196 valence electrons. The molecule has 6 unspecified atom stereocenters. The van der Waals surface area contributed by atoms with E-state index in [9.17, 15) is 4.79 Å². The number of nitrogens with two attached hydrogens (primary N) is 1. The molecule has 0 spiro atoms. The van der Waals surface area contributed by atoms with Gasteiger partial charge in [0.15, 0.2) is 0 Å². The average molecular weight is 474 g/mol. The third kappa shape index (κ3) is 4.85. The molecule has 0 aromatic rings. The number of hydrogen-bond acceptors (Lipinski definition) is 3. The first-order chi connectivity index (χ1) is 15.9. The molecule has 3 nitrogen and oxygen atoms in total. The van der Waals surface area contributed by atoms with Crippen molar-refractivity contribution in [2.24, 2.45) is 57.5 Å². The van der Waals surface area contributed by atoms with Crippen LogP contribution in [0.4, 0.5) is 0 Å². The van der Waals surface area contributed by atoms with Crippen molar-refractivity contribution < 1.29 is 9.53 Å². The Labute approximate surface area is 210 Å². The monoisotopic (exact) mass is 473 g/mol. The summed E-state index contributed by atoms with van der Waals surface area (Å²) in [5, 5.41) is 0. The van der Waals surface area contributed by atoms with Crippen molar-refractivity contribution >= 4 is 5.97 Å². The fourth-order valence-electron chi connectivity index (χ4n) is 9.36. The van der Waals surface area contributed by atoms with Gasteiger partial charge in [-0.05, 0) is 131 Å². The topological polar surface area (TPSA) is 52.3 Å². The molecule has 3 heteroatoms. The summed E-state index contributed by atoms with van der Waals surface area (Å²) in [5.74, 6) is 4.84. The summed E-state index contributed by atoms with van der Waals surface area (Å²) in [5.41, 5.74) is 7.40. The quantitative estimate of drug-likeness (QED) is 0.401. The van der Waals surface area contributed by atoms with Gasteiger partial charge in [-0.3, -0.25) is 4.79 Å². The Bertz CT molecular complexity index is 725. The number of rotatable bonds is 6. The normalized spacial score (nSPS) is 43.1. The van der Waals surface area contributed by atoms with Gasteiger partial charge < -0.3 is 10.5 Å². The molecule has 4 aliphatic carbocycles. The second-order valence-corrected chi connectivity index (χ2v) is 14.9. The van der Waals surface area contributed by atoms with E-state index in [0.29, 0.717) is 16.9 Å². The average Bonchev–Trinajstić information content (AvgIpc) is 3.10. The van der Waals surface area contributed by atoms with E-state index in [2.05, 4.69) is 27.7 Å². The molecule has 4 rings (SSSR count). The van der Waals surface area contributed by atoms with Crippen molar-refractivity contribution in [3.63, 3.8) is 0 Å². The van der Waals surface area contributed by atoms with Gasteiger partial charge in [-0.1, -0.05) is 40.5 Å². The molecule has 4 saturated carbocycles. The second kappa shape index (κ2) is 9.71. The summed E-state index contributed by atoms with van der Waals surface area (Å²) in [6.45, 7) is 15.8. The highest BCUT2D eigenvalue weighted by atomic mass is 16.5. The minimum Gasteiger partial charge on any atom is -0.462 e. The SMILES string of the molecule is CC(C)CCC[C@@H](N)C1CCC2[C@H]3CCC4C[C@@H](OC(=O)C(C)(C)C)CCC4(C)C3CCC21C. The molecule has 0 aromatic carbocycles. The van der Waals surface area contributed by atoms with E-state index in [4.69, 9.17) is 10.5 Å². The molecular formula is C31H55NO2. The van der Waals surface area contributed by atoms with Crippen LogP contribution in [0.2, 0.25) is 0 Å². The van der Waals surface area contributed by atoms with E-state index in [0.717, 1.165) is 48.3 Å². The minimum absolute atomic E-state index is 0.0232. The van der Waals surface area contributed by atoms with Crippen molar-refractivity contribution in [1.29, 1.82) is 0 Å². The molecule has 0 saturated heterocycles. The maximum Gasteiger partial charge on any atom is 0.311 e. The predicted molar refractivity (Wildman–Crippen MR) is 141 cm³/mol. The lowest BCUT2D eigenvalue weighted by molar-refractivity contribution is -0.170. The smallest absolute Gasteiger partial charge is 0.311 e. The first-order valence-electron chi connectivity index (χ1n) is 14.8. The molecule has 2 N–H and O–H groups in total. The van der Waals surface area contributed by atoms with Gasteiger partial charge in [0, 0.05) is 6.04 Å². The lowest BCUT2D eigenvalue weighted by atomic mass is 9.44. The van der Waals surface area contributed by atoms with Gasteiger partial charge >= 0.3 is 5.97 Å². The molecule has 0 bridgehead atoms. The van der Waals surface area contributed by atoms with Crippen LogP contribution >= 0.6 is 0 Å². The molecule has 0 aliphatic heterocycles. The Balaban J connectivity index is 1.41. The van der Waals surface area contributed by atoms with Crippen molar-refractivity contribution in [2.45, 2.75) is 138 Å². The van der Waals surface area contributed by atoms with E-state index in [-0.39, 0.29) is 12.1 Å². The van der Waals surface area contributed by atoms with Crippen LogP contribution in [0.1, 0.15) is 126 Å².